The summed E-state index contributed by atoms with van der Waals surface area (Å²) in [4.78, 5) is 13.9. The van der Waals surface area contributed by atoms with Crippen LogP contribution >= 0.6 is 15.9 Å². The molecule has 0 heterocycles. The Balaban J connectivity index is 2.07. The standard InChI is InChI=1S/C19H20BrNO2/c1-14-7-9-18(23-3)16(11-14)13-21(2)19(22)10-8-15-5-4-6-17(20)12-15/h4-12H,13H2,1-3H3/b10-8+. The number of hydrogen-bond donors (Lipinski definition) is 0. The van der Waals surface area contributed by atoms with Crippen LogP contribution in [0.25, 0.3) is 6.08 Å². The van der Waals surface area contributed by atoms with E-state index in [1.54, 1.807) is 25.1 Å². The van der Waals surface area contributed by atoms with Gasteiger partial charge in [-0.25, -0.2) is 0 Å². The first-order valence-corrected chi connectivity index (χ1v) is 8.11. The van der Waals surface area contributed by atoms with Crippen molar-refractivity contribution >= 4 is 27.9 Å². The number of ether oxygens (including phenoxy) is 1. The highest BCUT2D eigenvalue weighted by Gasteiger charge is 2.10. The average molecular weight is 374 g/mol. The molecule has 2 aromatic rings. The number of amides is 1. The number of likely N-dealkylation sites (N-methyl/N-ethyl adjacent to an activating group) is 1. The largest absolute Gasteiger partial charge is 0.496 e. The summed E-state index contributed by atoms with van der Waals surface area (Å²) in [6.07, 6.45) is 3.40. The van der Waals surface area contributed by atoms with E-state index in [4.69, 9.17) is 4.74 Å². The van der Waals surface area contributed by atoms with Crippen LogP contribution in [0.5, 0.6) is 5.75 Å². The highest BCUT2D eigenvalue weighted by atomic mass is 79.9. The van der Waals surface area contributed by atoms with Crippen molar-refractivity contribution in [3.8, 4) is 5.75 Å². The number of benzene rings is 2. The Kier molecular flexibility index (Phi) is 5.99. The number of carbonyl (C=O) groups is 1. The molecule has 0 saturated carbocycles. The molecule has 0 radical (unpaired) electrons. The molecule has 0 aliphatic rings. The molecule has 4 heteroatoms. The molecular weight excluding hydrogens is 354 g/mol. The van der Waals surface area contributed by atoms with Crippen molar-refractivity contribution in [1.29, 1.82) is 0 Å². The van der Waals surface area contributed by atoms with E-state index in [-0.39, 0.29) is 5.91 Å². The predicted molar refractivity (Wildman–Crippen MR) is 97.4 cm³/mol. The quantitative estimate of drug-likeness (QED) is 0.725. The van der Waals surface area contributed by atoms with Crippen LogP contribution in [0.2, 0.25) is 0 Å². The second kappa shape index (κ2) is 7.97. The lowest BCUT2D eigenvalue weighted by Crippen LogP contribution is -2.24. The van der Waals surface area contributed by atoms with E-state index >= 15 is 0 Å². The summed E-state index contributed by atoms with van der Waals surface area (Å²) >= 11 is 3.42. The molecule has 0 fully saturated rings. The summed E-state index contributed by atoms with van der Waals surface area (Å²) in [7, 11) is 3.43. The summed E-state index contributed by atoms with van der Waals surface area (Å²) in [6.45, 7) is 2.53. The lowest BCUT2D eigenvalue weighted by molar-refractivity contribution is -0.125. The normalized spacial score (nSPS) is 10.8. The minimum absolute atomic E-state index is 0.0477. The zero-order chi connectivity index (χ0) is 16.8. The molecule has 0 atom stereocenters. The highest BCUT2D eigenvalue weighted by Crippen LogP contribution is 2.21. The van der Waals surface area contributed by atoms with Gasteiger partial charge in [-0.1, -0.05) is 45.8 Å². The van der Waals surface area contributed by atoms with Crippen LogP contribution in [0.15, 0.2) is 53.0 Å². The van der Waals surface area contributed by atoms with Gasteiger partial charge in [-0.05, 0) is 36.8 Å². The van der Waals surface area contributed by atoms with Crippen molar-refractivity contribution in [3.63, 3.8) is 0 Å². The van der Waals surface area contributed by atoms with Gasteiger partial charge < -0.3 is 9.64 Å². The summed E-state index contributed by atoms with van der Waals surface area (Å²) in [5.41, 5.74) is 3.12. The Bertz CT molecular complexity index is 725. The average Bonchev–Trinajstić information content (AvgIpc) is 2.53. The maximum atomic E-state index is 12.3. The second-order valence-corrected chi connectivity index (χ2v) is 6.31. The van der Waals surface area contributed by atoms with Gasteiger partial charge in [-0.2, -0.15) is 0 Å². The molecule has 0 aliphatic heterocycles. The Morgan fingerprint density at radius 2 is 2.04 bits per heavy atom. The van der Waals surface area contributed by atoms with Crippen molar-refractivity contribution in [1.82, 2.24) is 4.90 Å². The smallest absolute Gasteiger partial charge is 0.246 e. The Hall–Kier alpha value is -2.07. The molecule has 0 bridgehead atoms. The minimum atomic E-state index is -0.0477. The number of hydrogen-bond acceptors (Lipinski definition) is 2. The molecule has 2 aromatic carbocycles. The third-order valence-electron chi connectivity index (χ3n) is 3.49. The molecule has 0 aliphatic carbocycles. The molecule has 3 nitrogen and oxygen atoms in total. The van der Waals surface area contributed by atoms with E-state index in [9.17, 15) is 4.79 Å². The molecule has 0 N–H and O–H groups in total. The van der Waals surface area contributed by atoms with Crippen LogP contribution in [0.4, 0.5) is 0 Å². The Labute approximate surface area is 145 Å². The van der Waals surface area contributed by atoms with Crippen LogP contribution in [-0.4, -0.2) is 25.0 Å². The van der Waals surface area contributed by atoms with Gasteiger partial charge in [0.2, 0.25) is 5.91 Å². The first kappa shape index (κ1) is 17.3. The van der Waals surface area contributed by atoms with Crippen LogP contribution in [0.3, 0.4) is 0 Å². The van der Waals surface area contributed by atoms with Crippen LogP contribution < -0.4 is 4.74 Å². The second-order valence-electron chi connectivity index (χ2n) is 5.40. The fourth-order valence-electron chi connectivity index (χ4n) is 2.27. The molecule has 23 heavy (non-hydrogen) atoms. The van der Waals surface area contributed by atoms with Gasteiger partial charge in [-0.3, -0.25) is 4.79 Å². The van der Waals surface area contributed by atoms with Crippen molar-refractivity contribution in [2.45, 2.75) is 13.5 Å². The van der Waals surface area contributed by atoms with Gasteiger partial charge in [0.1, 0.15) is 5.75 Å². The van der Waals surface area contributed by atoms with Crippen molar-refractivity contribution in [3.05, 3.63) is 69.7 Å². The molecule has 0 saturated heterocycles. The maximum Gasteiger partial charge on any atom is 0.246 e. The number of carbonyl (C=O) groups excluding carboxylic acids is 1. The van der Waals surface area contributed by atoms with Gasteiger partial charge in [0.05, 0.1) is 7.11 Å². The van der Waals surface area contributed by atoms with Gasteiger partial charge >= 0.3 is 0 Å². The number of rotatable bonds is 5. The lowest BCUT2D eigenvalue weighted by atomic mass is 10.1. The zero-order valence-corrected chi connectivity index (χ0v) is 15.1. The Morgan fingerprint density at radius 3 is 2.74 bits per heavy atom. The zero-order valence-electron chi connectivity index (χ0n) is 13.5. The van der Waals surface area contributed by atoms with Crippen molar-refractivity contribution in [2.75, 3.05) is 14.2 Å². The molecular formula is C19H20BrNO2. The van der Waals surface area contributed by atoms with E-state index in [0.29, 0.717) is 6.54 Å². The maximum absolute atomic E-state index is 12.3. The first-order valence-electron chi connectivity index (χ1n) is 7.32. The van der Waals surface area contributed by atoms with Crippen LogP contribution in [-0.2, 0) is 11.3 Å². The van der Waals surface area contributed by atoms with Crippen molar-refractivity contribution in [2.24, 2.45) is 0 Å². The highest BCUT2D eigenvalue weighted by molar-refractivity contribution is 9.10. The van der Waals surface area contributed by atoms with E-state index in [0.717, 1.165) is 26.9 Å². The fourth-order valence-corrected chi connectivity index (χ4v) is 2.69. The van der Waals surface area contributed by atoms with Crippen LogP contribution in [0.1, 0.15) is 16.7 Å². The number of methoxy groups -OCH3 is 1. The SMILES string of the molecule is COc1ccc(C)cc1CN(C)C(=O)/C=C/c1cccc(Br)c1. The summed E-state index contributed by atoms with van der Waals surface area (Å²) in [6, 6.07) is 13.8. The minimum Gasteiger partial charge on any atom is -0.496 e. The number of halogens is 1. The predicted octanol–water partition coefficient (Wildman–Crippen LogP) is 4.44. The molecule has 0 unspecified atom stereocenters. The Morgan fingerprint density at radius 1 is 1.26 bits per heavy atom. The van der Waals surface area contributed by atoms with Gasteiger partial charge in [0.25, 0.3) is 0 Å². The topological polar surface area (TPSA) is 29.5 Å². The number of nitrogens with zero attached hydrogens (tertiary/aromatic N) is 1. The molecule has 0 spiro atoms. The van der Waals surface area contributed by atoms with Gasteiger partial charge in [0.15, 0.2) is 0 Å². The third kappa shape index (κ3) is 4.96. The summed E-state index contributed by atoms with van der Waals surface area (Å²) in [5, 5.41) is 0. The van der Waals surface area contributed by atoms with E-state index in [1.807, 2.05) is 55.5 Å². The van der Waals surface area contributed by atoms with Gasteiger partial charge in [-0.15, -0.1) is 0 Å². The van der Waals surface area contributed by atoms with Crippen LogP contribution in [0, 0.1) is 6.92 Å². The molecule has 0 aromatic heterocycles. The summed E-state index contributed by atoms with van der Waals surface area (Å²) < 4.78 is 6.35. The van der Waals surface area contributed by atoms with E-state index in [2.05, 4.69) is 15.9 Å². The van der Waals surface area contributed by atoms with E-state index < -0.39 is 0 Å². The van der Waals surface area contributed by atoms with E-state index in [1.165, 1.54) is 0 Å². The van der Waals surface area contributed by atoms with Crippen molar-refractivity contribution < 1.29 is 9.53 Å². The molecule has 2 rings (SSSR count). The fraction of sp³-hybridized carbons (Fsp3) is 0.211. The van der Waals surface area contributed by atoms with Gasteiger partial charge in [0, 0.05) is 29.7 Å². The molecule has 120 valence electrons. The molecule has 1 amide bonds. The summed E-state index contributed by atoms with van der Waals surface area (Å²) in [5.74, 6) is 0.750. The number of aryl methyl sites for hydroxylation is 1. The first-order chi connectivity index (χ1) is 11.0. The lowest BCUT2D eigenvalue weighted by Gasteiger charge is -2.17. The third-order valence-corrected chi connectivity index (χ3v) is 3.98. The monoisotopic (exact) mass is 373 g/mol.